The monoisotopic (exact) mass is 226 g/mol. The Balaban J connectivity index is 1.96. The minimum atomic E-state index is -0.698. The van der Waals surface area contributed by atoms with E-state index in [2.05, 4.69) is 12.2 Å². The lowest BCUT2D eigenvalue weighted by atomic mass is 9.74. The molecule has 2 fully saturated rings. The molecular weight excluding hydrogens is 204 g/mol. The maximum Gasteiger partial charge on any atom is 0.240 e. The quantitative estimate of drug-likeness (QED) is 0.753. The average Bonchev–Trinajstić information content (AvgIpc) is 2.24. The van der Waals surface area contributed by atoms with Crippen LogP contribution in [0.5, 0.6) is 0 Å². The fourth-order valence-electron chi connectivity index (χ4n) is 2.50. The largest absolute Gasteiger partial charge is 0.381 e. The normalized spacial score (nSPS) is 26.9. The van der Waals surface area contributed by atoms with Gasteiger partial charge in [0.2, 0.25) is 5.91 Å². The van der Waals surface area contributed by atoms with Crippen LogP contribution in [0.2, 0.25) is 0 Å². The molecular formula is C12H22N2O2. The molecule has 2 rings (SSSR count). The first-order valence-electron chi connectivity index (χ1n) is 6.30. The van der Waals surface area contributed by atoms with Crippen molar-refractivity contribution in [1.82, 2.24) is 5.32 Å². The molecule has 3 N–H and O–H groups in total. The van der Waals surface area contributed by atoms with Gasteiger partial charge >= 0.3 is 0 Å². The van der Waals surface area contributed by atoms with Gasteiger partial charge in [0, 0.05) is 18.8 Å². The van der Waals surface area contributed by atoms with Crippen molar-refractivity contribution in [2.45, 2.75) is 56.5 Å². The van der Waals surface area contributed by atoms with E-state index in [1.54, 1.807) is 0 Å². The van der Waals surface area contributed by atoms with Crippen LogP contribution in [-0.2, 0) is 9.53 Å². The number of nitrogens with two attached hydrogens (primary N) is 1. The van der Waals surface area contributed by atoms with Gasteiger partial charge in [-0.25, -0.2) is 0 Å². The van der Waals surface area contributed by atoms with Crippen molar-refractivity contribution >= 4 is 5.91 Å². The Labute approximate surface area is 96.9 Å². The van der Waals surface area contributed by atoms with Gasteiger partial charge in [-0.15, -0.1) is 0 Å². The Morgan fingerprint density at radius 2 is 1.94 bits per heavy atom. The van der Waals surface area contributed by atoms with Crippen molar-refractivity contribution in [1.29, 1.82) is 0 Å². The van der Waals surface area contributed by atoms with Gasteiger partial charge in [0.25, 0.3) is 0 Å². The molecule has 0 atom stereocenters. The molecule has 1 aliphatic heterocycles. The van der Waals surface area contributed by atoms with Crippen LogP contribution in [0.4, 0.5) is 0 Å². The smallest absolute Gasteiger partial charge is 0.240 e. The lowest BCUT2D eigenvalue weighted by Crippen LogP contribution is -2.63. The summed E-state index contributed by atoms with van der Waals surface area (Å²) in [7, 11) is 0. The van der Waals surface area contributed by atoms with Crippen LogP contribution in [0.15, 0.2) is 0 Å². The highest BCUT2D eigenvalue weighted by molar-refractivity contribution is 5.86. The number of carbonyl (C=O) groups is 1. The molecule has 4 heteroatoms. The molecule has 0 radical (unpaired) electrons. The van der Waals surface area contributed by atoms with Crippen LogP contribution in [0.25, 0.3) is 0 Å². The average molecular weight is 226 g/mol. The van der Waals surface area contributed by atoms with Crippen LogP contribution in [-0.4, -0.2) is 30.2 Å². The third-order valence-corrected chi connectivity index (χ3v) is 4.20. The van der Waals surface area contributed by atoms with E-state index in [0.717, 1.165) is 19.3 Å². The Hall–Kier alpha value is -0.610. The Bertz CT molecular complexity index is 263. The second kappa shape index (κ2) is 4.34. The Kier molecular flexibility index (Phi) is 3.22. The first-order valence-corrected chi connectivity index (χ1v) is 6.30. The predicted octanol–water partition coefficient (Wildman–Crippen LogP) is 0.943. The van der Waals surface area contributed by atoms with E-state index in [1.165, 1.54) is 6.42 Å². The summed E-state index contributed by atoms with van der Waals surface area (Å²) in [4.78, 5) is 12.2. The lowest BCUT2D eigenvalue weighted by molar-refractivity contribution is -0.133. The summed E-state index contributed by atoms with van der Waals surface area (Å²) in [6.07, 6.45) is 5.70. The van der Waals surface area contributed by atoms with Crippen LogP contribution in [0.1, 0.15) is 45.4 Å². The SMILES string of the molecule is CCC1(NC(=O)C2(N)CCOCC2)CCC1. The van der Waals surface area contributed by atoms with Crippen molar-refractivity contribution in [3.05, 3.63) is 0 Å². The highest BCUT2D eigenvalue weighted by atomic mass is 16.5. The van der Waals surface area contributed by atoms with Crippen molar-refractivity contribution < 1.29 is 9.53 Å². The van der Waals surface area contributed by atoms with Crippen molar-refractivity contribution in [2.75, 3.05) is 13.2 Å². The molecule has 16 heavy (non-hydrogen) atoms. The third kappa shape index (κ3) is 2.09. The number of hydrogen-bond donors (Lipinski definition) is 2. The van der Waals surface area contributed by atoms with Gasteiger partial charge in [0.1, 0.15) is 0 Å². The number of rotatable bonds is 3. The van der Waals surface area contributed by atoms with Crippen molar-refractivity contribution in [3.8, 4) is 0 Å². The standard InChI is InChI=1S/C12H22N2O2/c1-2-11(4-3-5-11)14-10(15)12(13)6-8-16-9-7-12/h2-9,13H2,1H3,(H,14,15). The first-order chi connectivity index (χ1) is 7.60. The number of carbonyl (C=O) groups excluding carboxylic acids is 1. The maximum absolute atomic E-state index is 12.2. The van der Waals surface area contributed by atoms with E-state index in [0.29, 0.717) is 26.1 Å². The molecule has 92 valence electrons. The fourth-order valence-corrected chi connectivity index (χ4v) is 2.50. The molecule has 0 unspecified atom stereocenters. The summed E-state index contributed by atoms with van der Waals surface area (Å²) >= 11 is 0. The van der Waals surface area contributed by atoms with Crippen LogP contribution in [0, 0.1) is 0 Å². The molecule has 1 aliphatic carbocycles. The molecule has 4 nitrogen and oxygen atoms in total. The number of amides is 1. The summed E-state index contributed by atoms with van der Waals surface area (Å²) in [5.74, 6) is 0.0253. The first kappa shape index (κ1) is 11.9. The van der Waals surface area contributed by atoms with Gasteiger partial charge in [-0.2, -0.15) is 0 Å². The van der Waals surface area contributed by atoms with Crippen LogP contribution >= 0.6 is 0 Å². The molecule has 1 amide bonds. The fraction of sp³-hybridized carbons (Fsp3) is 0.917. The van der Waals surface area contributed by atoms with Crippen molar-refractivity contribution in [3.63, 3.8) is 0 Å². The van der Waals surface area contributed by atoms with E-state index in [-0.39, 0.29) is 11.4 Å². The van der Waals surface area contributed by atoms with Gasteiger partial charge in [0.15, 0.2) is 0 Å². The minimum absolute atomic E-state index is 0.0253. The van der Waals surface area contributed by atoms with E-state index in [1.807, 2.05) is 0 Å². The maximum atomic E-state index is 12.2. The molecule has 1 saturated carbocycles. The van der Waals surface area contributed by atoms with Gasteiger partial charge < -0.3 is 15.8 Å². The van der Waals surface area contributed by atoms with Crippen LogP contribution in [0.3, 0.4) is 0 Å². The van der Waals surface area contributed by atoms with Crippen molar-refractivity contribution in [2.24, 2.45) is 5.73 Å². The molecule has 0 bridgehead atoms. The van der Waals surface area contributed by atoms with Gasteiger partial charge in [-0.1, -0.05) is 6.92 Å². The van der Waals surface area contributed by atoms with E-state index < -0.39 is 5.54 Å². The van der Waals surface area contributed by atoms with E-state index >= 15 is 0 Å². The van der Waals surface area contributed by atoms with E-state index in [4.69, 9.17) is 10.5 Å². The lowest BCUT2D eigenvalue weighted by Gasteiger charge is -2.44. The van der Waals surface area contributed by atoms with Gasteiger partial charge in [0.05, 0.1) is 5.54 Å². The zero-order chi connectivity index (χ0) is 11.6. The van der Waals surface area contributed by atoms with Gasteiger partial charge in [-0.3, -0.25) is 4.79 Å². The summed E-state index contributed by atoms with van der Waals surface area (Å²) in [6, 6.07) is 0. The molecule has 0 spiro atoms. The molecule has 1 saturated heterocycles. The third-order valence-electron chi connectivity index (χ3n) is 4.20. The molecule has 1 heterocycles. The highest BCUT2D eigenvalue weighted by Crippen LogP contribution is 2.35. The molecule has 0 aromatic carbocycles. The highest BCUT2D eigenvalue weighted by Gasteiger charge is 2.42. The summed E-state index contributed by atoms with van der Waals surface area (Å²) in [5.41, 5.74) is 5.50. The second-order valence-electron chi connectivity index (χ2n) is 5.21. The van der Waals surface area contributed by atoms with E-state index in [9.17, 15) is 4.79 Å². The zero-order valence-electron chi connectivity index (χ0n) is 10.1. The molecule has 0 aromatic rings. The van der Waals surface area contributed by atoms with Crippen LogP contribution < -0.4 is 11.1 Å². The number of ether oxygens (including phenoxy) is 1. The Morgan fingerprint density at radius 1 is 1.31 bits per heavy atom. The van der Waals surface area contributed by atoms with Gasteiger partial charge in [-0.05, 0) is 38.5 Å². The molecule has 2 aliphatic rings. The summed E-state index contributed by atoms with van der Waals surface area (Å²) < 4.78 is 5.25. The Morgan fingerprint density at radius 3 is 2.38 bits per heavy atom. The second-order valence-corrected chi connectivity index (χ2v) is 5.21. The summed E-state index contributed by atoms with van der Waals surface area (Å²) in [5, 5.41) is 3.17. The minimum Gasteiger partial charge on any atom is -0.381 e. The zero-order valence-corrected chi connectivity index (χ0v) is 10.1. The number of hydrogen-bond acceptors (Lipinski definition) is 3. The number of nitrogens with one attached hydrogen (secondary N) is 1. The summed E-state index contributed by atoms with van der Waals surface area (Å²) in [6.45, 7) is 3.33. The molecule has 0 aromatic heterocycles. The topological polar surface area (TPSA) is 64.4 Å². The predicted molar refractivity (Wildman–Crippen MR) is 62.0 cm³/mol.